The van der Waals surface area contributed by atoms with Crippen molar-refractivity contribution in [2.24, 2.45) is 11.3 Å². The molecule has 3 heterocycles. The summed E-state index contributed by atoms with van der Waals surface area (Å²) >= 11 is 0. The fraction of sp³-hybridized carbons (Fsp3) is 0.600. The van der Waals surface area contributed by atoms with Crippen LogP contribution in [0.3, 0.4) is 0 Å². The van der Waals surface area contributed by atoms with Gasteiger partial charge in [0, 0.05) is 17.9 Å². The van der Waals surface area contributed by atoms with Crippen LogP contribution in [0.5, 0.6) is 0 Å². The number of likely N-dealkylation sites (tertiary alicyclic amines) is 1. The zero-order valence-corrected chi connectivity index (χ0v) is 23.1. The number of alkyl halides is 6. The van der Waals surface area contributed by atoms with Crippen molar-refractivity contribution in [1.29, 1.82) is 0 Å². The summed E-state index contributed by atoms with van der Waals surface area (Å²) in [7, 11) is 0. The molecule has 12 heteroatoms. The smallest absolute Gasteiger partial charge is 0.390 e. The average molecular weight is 606 g/mol. The number of aliphatic hydroxyl groups excluding tert-OH is 1. The first-order chi connectivity index (χ1) is 19.7. The van der Waals surface area contributed by atoms with Gasteiger partial charge in [-0.3, -0.25) is 0 Å². The topological polar surface area (TPSA) is 51.2 Å². The predicted molar refractivity (Wildman–Crippen MR) is 138 cm³/mol. The SMILES string of the molecule is C[C@@H](O[C@H]1OCC[C@@H](CN2CCC3(CC2)COC[C@@H]3O)[C@@H]1c1ccc(F)cc1)c1cc(C(F)(F)F)cc(C(F)(F)F)c1. The number of hydrogen-bond acceptors (Lipinski definition) is 5. The molecule has 0 unspecified atom stereocenters. The number of piperidine rings is 1. The maximum absolute atomic E-state index is 13.8. The lowest BCUT2D eigenvalue weighted by Gasteiger charge is -2.44. The summed E-state index contributed by atoms with van der Waals surface area (Å²) < 4.78 is 112. The van der Waals surface area contributed by atoms with Crippen LogP contribution in [0.1, 0.15) is 60.5 Å². The summed E-state index contributed by atoms with van der Waals surface area (Å²) in [5.74, 6) is -0.946. The fourth-order valence-electron chi connectivity index (χ4n) is 6.41. The Balaban J connectivity index is 1.37. The Labute approximate surface area is 239 Å². The van der Waals surface area contributed by atoms with Gasteiger partial charge in [-0.2, -0.15) is 26.3 Å². The molecule has 5 nitrogen and oxygen atoms in total. The summed E-state index contributed by atoms with van der Waals surface area (Å²) in [5.41, 5.74) is -2.66. The lowest BCUT2D eigenvalue weighted by Crippen LogP contribution is -2.49. The first kappa shape index (κ1) is 31.2. The van der Waals surface area contributed by atoms with Crippen molar-refractivity contribution in [3.63, 3.8) is 0 Å². The minimum absolute atomic E-state index is 0.0486. The first-order valence-electron chi connectivity index (χ1n) is 14.1. The summed E-state index contributed by atoms with van der Waals surface area (Å²) in [6.45, 7) is 4.63. The van der Waals surface area contributed by atoms with E-state index < -0.39 is 53.7 Å². The highest BCUT2D eigenvalue weighted by molar-refractivity contribution is 5.35. The van der Waals surface area contributed by atoms with Crippen LogP contribution in [0.4, 0.5) is 30.7 Å². The third-order valence-electron chi connectivity index (χ3n) is 8.96. The molecule has 3 fully saturated rings. The molecule has 0 radical (unpaired) electrons. The van der Waals surface area contributed by atoms with Gasteiger partial charge in [0.1, 0.15) is 5.82 Å². The Morgan fingerprint density at radius 2 is 1.62 bits per heavy atom. The van der Waals surface area contributed by atoms with E-state index in [9.17, 15) is 35.8 Å². The Morgan fingerprint density at radius 3 is 2.17 bits per heavy atom. The molecule has 1 spiro atoms. The molecule has 42 heavy (non-hydrogen) atoms. The predicted octanol–water partition coefficient (Wildman–Crippen LogP) is 6.56. The molecule has 3 saturated heterocycles. The molecule has 0 bridgehead atoms. The molecule has 5 atom stereocenters. The van der Waals surface area contributed by atoms with E-state index in [-0.39, 0.29) is 29.6 Å². The molecular weight excluding hydrogens is 571 g/mol. The lowest BCUT2D eigenvalue weighted by atomic mass is 9.75. The molecule has 2 aromatic carbocycles. The third-order valence-corrected chi connectivity index (χ3v) is 8.96. The number of benzene rings is 2. The van der Waals surface area contributed by atoms with Crippen molar-refractivity contribution < 1.29 is 50.1 Å². The average Bonchev–Trinajstić information content (AvgIpc) is 3.28. The van der Waals surface area contributed by atoms with Gasteiger partial charge in [0.25, 0.3) is 0 Å². The van der Waals surface area contributed by atoms with Crippen LogP contribution in [-0.4, -0.2) is 61.9 Å². The number of hydrogen-bond donors (Lipinski definition) is 1. The molecule has 0 aromatic heterocycles. The third kappa shape index (κ3) is 6.77. The summed E-state index contributed by atoms with van der Waals surface area (Å²) in [5, 5.41) is 10.4. The van der Waals surface area contributed by atoms with E-state index >= 15 is 0 Å². The van der Waals surface area contributed by atoms with Crippen molar-refractivity contribution in [1.82, 2.24) is 4.90 Å². The second kappa shape index (κ2) is 12.0. The molecule has 1 N–H and O–H groups in total. The molecule has 0 aliphatic carbocycles. The normalized spacial score (nSPS) is 27.8. The van der Waals surface area contributed by atoms with Crippen LogP contribution >= 0.6 is 0 Å². The Hall–Kier alpha value is -2.25. The second-order valence-corrected chi connectivity index (χ2v) is 11.7. The highest BCUT2D eigenvalue weighted by atomic mass is 19.4. The van der Waals surface area contributed by atoms with E-state index in [1.807, 2.05) is 0 Å². The van der Waals surface area contributed by atoms with E-state index in [1.54, 1.807) is 12.1 Å². The van der Waals surface area contributed by atoms with Crippen LogP contribution in [0.15, 0.2) is 42.5 Å². The summed E-state index contributed by atoms with van der Waals surface area (Å²) in [4.78, 5) is 2.28. The molecule has 2 aromatic rings. The highest BCUT2D eigenvalue weighted by Gasteiger charge is 2.46. The highest BCUT2D eigenvalue weighted by Crippen LogP contribution is 2.44. The van der Waals surface area contributed by atoms with E-state index in [1.165, 1.54) is 19.1 Å². The maximum atomic E-state index is 13.8. The number of rotatable bonds is 6. The van der Waals surface area contributed by atoms with Gasteiger partial charge in [-0.05, 0) is 86.7 Å². The zero-order chi connectivity index (χ0) is 30.3. The quantitative estimate of drug-likeness (QED) is 0.378. The van der Waals surface area contributed by atoms with Gasteiger partial charge < -0.3 is 24.2 Å². The van der Waals surface area contributed by atoms with Crippen molar-refractivity contribution in [2.75, 3.05) is 39.5 Å². The van der Waals surface area contributed by atoms with Gasteiger partial charge in [-0.1, -0.05) is 12.1 Å². The van der Waals surface area contributed by atoms with Crippen LogP contribution in [-0.2, 0) is 26.6 Å². The fourth-order valence-corrected chi connectivity index (χ4v) is 6.41. The zero-order valence-electron chi connectivity index (χ0n) is 23.1. The molecule has 3 aliphatic heterocycles. The number of nitrogens with zero attached hydrogens (tertiary/aromatic N) is 1. The van der Waals surface area contributed by atoms with Gasteiger partial charge in [0.05, 0.1) is 43.2 Å². The maximum Gasteiger partial charge on any atom is 0.416 e. The molecule has 0 amide bonds. The van der Waals surface area contributed by atoms with E-state index in [0.717, 1.165) is 25.9 Å². The molecule has 5 rings (SSSR count). The van der Waals surface area contributed by atoms with Gasteiger partial charge >= 0.3 is 12.4 Å². The Morgan fingerprint density at radius 1 is 1.00 bits per heavy atom. The van der Waals surface area contributed by atoms with E-state index in [0.29, 0.717) is 43.9 Å². The van der Waals surface area contributed by atoms with Crippen LogP contribution in [0, 0.1) is 17.2 Å². The van der Waals surface area contributed by atoms with Gasteiger partial charge in [-0.25, -0.2) is 4.39 Å². The van der Waals surface area contributed by atoms with Crippen LogP contribution in [0.25, 0.3) is 0 Å². The van der Waals surface area contributed by atoms with Crippen molar-refractivity contribution in [3.05, 3.63) is 70.5 Å². The number of ether oxygens (including phenoxy) is 3. The molecule has 3 aliphatic rings. The second-order valence-electron chi connectivity index (χ2n) is 11.7. The monoisotopic (exact) mass is 605 g/mol. The standard InChI is InChI=1S/C30H34F7NO4/c1-18(21-12-22(29(32,33)34)14-23(13-21)30(35,36)37)42-27-26(19-2-4-24(31)5-3-19)20(6-11-41-27)15-38-9-7-28(8-10-38)17-40-16-25(28)39/h2-5,12-14,18,20,25-27,39H,6-11,15-17H2,1H3/t18-,20+,25+,26+,27-/m1/s1. The minimum atomic E-state index is -4.98. The van der Waals surface area contributed by atoms with Crippen LogP contribution in [0.2, 0.25) is 0 Å². The summed E-state index contributed by atoms with van der Waals surface area (Å²) in [6, 6.07) is 7.23. The molecule has 0 saturated carbocycles. The minimum Gasteiger partial charge on any atom is -0.390 e. The number of aliphatic hydroxyl groups is 1. The van der Waals surface area contributed by atoms with Gasteiger partial charge in [-0.15, -0.1) is 0 Å². The summed E-state index contributed by atoms with van der Waals surface area (Å²) in [6.07, 6.45) is -10.4. The van der Waals surface area contributed by atoms with Crippen molar-refractivity contribution >= 4 is 0 Å². The molecule has 232 valence electrons. The lowest BCUT2D eigenvalue weighted by molar-refractivity contribution is -0.210. The van der Waals surface area contributed by atoms with Crippen LogP contribution < -0.4 is 0 Å². The van der Waals surface area contributed by atoms with E-state index in [2.05, 4.69) is 4.90 Å². The van der Waals surface area contributed by atoms with Crippen molar-refractivity contribution in [2.45, 2.75) is 63.0 Å². The van der Waals surface area contributed by atoms with Gasteiger partial charge in [0.2, 0.25) is 0 Å². The number of halogens is 7. The van der Waals surface area contributed by atoms with E-state index in [4.69, 9.17) is 14.2 Å². The Bertz CT molecular complexity index is 1180. The first-order valence-corrected chi connectivity index (χ1v) is 14.1. The van der Waals surface area contributed by atoms with Crippen molar-refractivity contribution in [3.8, 4) is 0 Å². The Kier molecular flexibility index (Phi) is 8.93. The largest absolute Gasteiger partial charge is 0.416 e. The van der Waals surface area contributed by atoms with Gasteiger partial charge in [0.15, 0.2) is 6.29 Å². The molecular formula is C30H34F7NO4.